The molecular weight excluding hydrogens is 165 g/mol. The molecule has 0 saturated heterocycles. The van der Waals surface area contributed by atoms with Gasteiger partial charge < -0.3 is 5.73 Å². The van der Waals surface area contributed by atoms with E-state index in [-0.39, 0.29) is 0 Å². The van der Waals surface area contributed by atoms with Crippen LogP contribution in [0.5, 0.6) is 0 Å². The first-order chi connectivity index (χ1) is 5.77. The molecule has 0 amide bonds. The van der Waals surface area contributed by atoms with Crippen LogP contribution in [0.25, 0.3) is 0 Å². The minimum atomic E-state index is 0.320. The maximum Gasteiger partial charge on any atom is 0.0184 e. The first-order valence-electron chi connectivity index (χ1n) is 5.28. The molecular formula is C10H24NP. The molecule has 0 aromatic heterocycles. The fraction of sp³-hybridized carbons (Fsp3) is 1.00. The SMILES string of the molecule is CCCCCCCCCC(N)P. The van der Waals surface area contributed by atoms with Crippen molar-refractivity contribution >= 4 is 9.24 Å². The van der Waals surface area contributed by atoms with E-state index in [2.05, 4.69) is 16.2 Å². The number of unbranched alkanes of at least 4 members (excludes halogenated alkanes) is 6. The van der Waals surface area contributed by atoms with Crippen molar-refractivity contribution in [1.29, 1.82) is 0 Å². The van der Waals surface area contributed by atoms with E-state index < -0.39 is 0 Å². The van der Waals surface area contributed by atoms with Crippen LogP contribution in [0.2, 0.25) is 0 Å². The Bertz CT molecular complexity index is 83.9. The normalized spacial score (nSPS) is 13.2. The van der Waals surface area contributed by atoms with E-state index in [0.29, 0.717) is 5.78 Å². The smallest absolute Gasteiger partial charge is 0.0184 e. The quantitative estimate of drug-likeness (QED) is 0.460. The lowest BCUT2D eigenvalue weighted by Crippen LogP contribution is -2.09. The van der Waals surface area contributed by atoms with Crippen LogP contribution in [0.1, 0.15) is 58.3 Å². The van der Waals surface area contributed by atoms with Gasteiger partial charge in [-0.3, -0.25) is 0 Å². The number of rotatable bonds is 8. The van der Waals surface area contributed by atoms with Crippen molar-refractivity contribution in [3.05, 3.63) is 0 Å². The van der Waals surface area contributed by atoms with Crippen molar-refractivity contribution in [1.82, 2.24) is 0 Å². The van der Waals surface area contributed by atoms with Gasteiger partial charge in [0.25, 0.3) is 0 Å². The van der Waals surface area contributed by atoms with Crippen LogP contribution in [-0.4, -0.2) is 5.78 Å². The lowest BCUT2D eigenvalue weighted by molar-refractivity contribution is 0.572. The Morgan fingerprint density at radius 2 is 1.50 bits per heavy atom. The van der Waals surface area contributed by atoms with E-state index in [1.165, 1.54) is 51.4 Å². The highest BCUT2D eigenvalue weighted by atomic mass is 31.0. The maximum atomic E-state index is 5.62. The average molecular weight is 189 g/mol. The summed E-state index contributed by atoms with van der Waals surface area (Å²) in [4.78, 5) is 0. The van der Waals surface area contributed by atoms with E-state index in [1.807, 2.05) is 0 Å². The van der Waals surface area contributed by atoms with Crippen molar-refractivity contribution in [2.75, 3.05) is 0 Å². The predicted molar refractivity (Wildman–Crippen MR) is 60.3 cm³/mol. The van der Waals surface area contributed by atoms with Gasteiger partial charge >= 0.3 is 0 Å². The van der Waals surface area contributed by atoms with Gasteiger partial charge in [0.15, 0.2) is 0 Å². The van der Waals surface area contributed by atoms with Gasteiger partial charge in [-0.05, 0) is 6.42 Å². The zero-order valence-corrected chi connectivity index (χ0v) is 9.54. The lowest BCUT2D eigenvalue weighted by Gasteiger charge is -2.03. The summed E-state index contributed by atoms with van der Waals surface area (Å²) in [5.41, 5.74) is 5.62. The minimum Gasteiger partial charge on any atom is -0.324 e. The van der Waals surface area contributed by atoms with Crippen LogP contribution in [0.3, 0.4) is 0 Å². The fourth-order valence-corrected chi connectivity index (χ4v) is 1.57. The van der Waals surface area contributed by atoms with Gasteiger partial charge in [-0.25, -0.2) is 0 Å². The van der Waals surface area contributed by atoms with Crippen LogP contribution < -0.4 is 5.73 Å². The van der Waals surface area contributed by atoms with E-state index in [9.17, 15) is 0 Å². The molecule has 0 aromatic carbocycles. The van der Waals surface area contributed by atoms with Crippen LogP contribution in [-0.2, 0) is 0 Å². The third kappa shape index (κ3) is 10.4. The van der Waals surface area contributed by atoms with Gasteiger partial charge in [0.2, 0.25) is 0 Å². The predicted octanol–water partition coefficient (Wildman–Crippen LogP) is 3.29. The highest BCUT2D eigenvalue weighted by Gasteiger charge is 1.94. The summed E-state index contributed by atoms with van der Waals surface area (Å²) >= 11 is 0. The zero-order chi connectivity index (χ0) is 9.23. The molecule has 2 N–H and O–H groups in total. The standard InChI is InChI=1S/C10H24NP/c1-2-3-4-5-6-7-8-9-10(11)12/h10H,2-9,11-12H2,1H3. The molecule has 0 heterocycles. The van der Waals surface area contributed by atoms with Crippen molar-refractivity contribution in [3.8, 4) is 0 Å². The number of hydrogen-bond acceptors (Lipinski definition) is 1. The second-order valence-electron chi connectivity index (χ2n) is 3.57. The third-order valence-electron chi connectivity index (χ3n) is 2.14. The Labute approximate surface area is 79.7 Å². The zero-order valence-electron chi connectivity index (χ0n) is 8.39. The first kappa shape index (κ1) is 12.4. The molecule has 1 nitrogen and oxygen atoms in total. The Morgan fingerprint density at radius 3 is 2.00 bits per heavy atom. The third-order valence-corrected chi connectivity index (χ3v) is 2.47. The molecule has 12 heavy (non-hydrogen) atoms. The highest BCUT2D eigenvalue weighted by molar-refractivity contribution is 7.17. The number of hydrogen-bond donors (Lipinski definition) is 1. The van der Waals surface area contributed by atoms with Crippen molar-refractivity contribution in [3.63, 3.8) is 0 Å². The maximum absolute atomic E-state index is 5.62. The summed E-state index contributed by atoms with van der Waals surface area (Å²) in [5, 5.41) is 0. The van der Waals surface area contributed by atoms with Crippen LogP contribution in [0.4, 0.5) is 0 Å². The van der Waals surface area contributed by atoms with Crippen molar-refractivity contribution in [2.24, 2.45) is 5.73 Å². The molecule has 2 atom stereocenters. The molecule has 0 rings (SSSR count). The van der Waals surface area contributed by atoms with E-state index >= 15 is 0 Å². The fourth-order valence-electron chi connectivity index (χ4n) is 1.34. The summed E-state index contributed by atoms with van der Waals surface area (Å²) < 4.78 is 0. The Morgan fingerprint density at radius 1 is 1.00 bits per heavy atom. The van der Waals surface area contributed by atoms with E-state index in [4.69, 9.17) is 5.73 Å². The van der Waals surface area contributed by atoms with Crippen LogP contribution >= 0.6 is 9.24 Å². The van der Waals surface area contributed by atoms with Gasteiger partial charge in [-0.1, -0.05) is 51.9 Å². The van der Waals surface area contributed by atoms with E-state index in [0.717, 1.165) is 0 Å². The summed E-state index contributed by atoms with van der Waals surface area (Å²) in [7, 11) is 2.65. The lowest BCUT2D eigenvalue weighted by atomic mass is 10.1. The Hall–Kier alpha value is 0.390. The summed E-state index contributed by atoms with van der Waals surface area (Å²) in [6.45, 7) is 2.26. The number of nitrogens with two attached hydrogens (primary N) is 1. The molecule has 0 aliphatic heterocycles. The van der Waals surface area contributed by atoms with Gasteiger partial charge in [0.1, 0.15) is 0 Å². The molecule has 0 fully saturated rings. The second kappa shape index (κ2) is 9.48. The molecule has 0 aromatic rings. The molecule has 2 unspecified atom stereocenters. The topological polar surface area (TPSA) is 26.0 Å². The molecule has 0 spiro atoms. The molecule has 0 saturated carbocycles. The minimum absolute atomic E-state index is 0.320. The molecule has 2 heteroatoms. The van der Waals surface area contributed by atoms with Gasteiger partial charge in [0.05, 0.1) is 0 Å². The van der Waals surface area contributed by atoms with Gasteiger partial charge in [0, 0.05) is 5.78 Å². The molecule has 0 radical (unpaired) electrons. The monoisotopic (exact) mass is 189 g/mol. The van der Waals surface area contributed by atoms with Gasteiger partial charge in [-0.2, -0.15) is 0 Å². The van der Waals surface area contributed by atoms with Crippen LogP contribution in [0, 0.1) is 0 Å². The van der Waals surface area contributed by atoms with Crippen LogP contribution in [0.15, 0.2) is 0 Å². The summed E-state index contributed by atoms with van der Waals surface area (Å²) in [6, 6.07) is 0. The first-order valence-corrected chi connectivity index (χ1v) is 5.95. The summed E-state index contributed by atoms with van der Waals surface area (Å²) in [5.74, 6) is 0.320. The summed E-state index contributed by atoms with van der Waals surface area (Å²) in [6.07, 6.45) is 10.8. The highest BCUT2D eigenvalue weighted by Crippen LogP contribution is 2.10. The average Bonchev–Trinajstić information content (AvgIpc) is 2.02. The molecule has 0 aliphatic rings. The molecule has 0 aliphatic carbocycles. The van der Waals surface area contributed by atoms with Crippen molar-refractivity contribution in [2.45, 2.75) is 64.1 Å². The Kier molecular flexibility index (Phi) is 9.79. The Balaban J connectivity index is 2.82. The molecule has 0 bridgehead atoms. The van der Waals surface area contributed by atoms with Gasteiger partial charge in [-0.15, -0.1) is 9.24 Å². The molecule has 74 valence electrons. The largest absolute Gasteiger partial charge is 0.324 e. The van der Waals surface area contributed by atoms with E-state index in [1.54, 1.807) is 0 Å². The second-order valence-corrected chi connectivity index (χ2v) is 4.43. The van der Waals surface area contributed by atoms with Crippen molar-refractivity contribution < 1.29 is 0 Å².